The summed E-state index contributed by atoms with van der Waals surface area (Å²) >= 11 is 0. The fraction of sp³-hybridized carbons (Fsp3) is 0.565. The molecule has 3 rings (SSSR count). The smallest absolute Gasteiger partial charge is 0.191 e. The van der Waals surface area contributed by atoms with Crippen molar-refractivity contribution in [1.82, 2.24) is 20.2 Å². The number of ether oxygens (including phenoxy) is 2. The van der Waals surface area contributed by atoms with E-state index in [-0.39, 0.29) is 29.8 Å². The van der Waals surface area contributed by atoms with Gasteiger partial charge in [0.15, 0.2) is 5.96 Å². The van der Waals surface area contributed by atoms with Crippen molar-refractivity contribution in [3.8, 4) is 5.69 Å². The fourth-order valence-electron chi connectivity index (χ4n) is 3.53. The van der Waals surface area contributed by atoms with Crippen molar-refractivity contribution in [2.24, 2.45) is 10.9 Å². The van der Waals surface area contributed by atoms with Gasteiger partial charge in [0.05, 0.1) is 12.2 Å². The first kappa shape index (κ1) is 26.5. The molecule has 1 aromatic heterocycles. The zero-order valence-electron chi connectivity index (χ0n) is 19.0. The van der Waals surface area contributed by atoms with Crippen LogP contribution in [-0.2, 0) is 16.0 Å². The van der Waals surface area contributed by atoms with Gasteiger partial charge in [0, 0.05) is 51.9 Å². The Kier molecular flexibility index (Phi) is 12.0. The van der Waals surface area contributed by atoms with Crippen LogP contribution in [0.1, 0.15) is 37.6 Å². The molecule has 0 saturated carbocycles. The minimum absolute atomic E-state index is 0. The van der Waals surface area contributed by atoms with Gasteiger partial charge >= 0.3 is 0 Å². The van der Waals surface area contributed by atoms with Crippen LogP contribution in [0.4, 0.5) is 4.39 Å². The van der Waals surface area contributed by atoms with Gasteiger partial charge in [-0.3, -0.25) is 0 Å². The maximum Gasteiger partial charge on any atom is 0.191 e. The summed E-state index contributed by atoms with van der Waals surface area (Å²) < 4.78 is 27.5. The van der Waals surface area contributed by atoms with E-state index in [1.807, 2.05) is 19.9 Å². The molecule has 0 atom stereocenters. The zero-order chi connectivity index (χ0) is 21.9. The van der Waals surface area contributed by atoms with Crippen LogP contribution >= 0.6 is 24.0 Å². The lowest BCUT2D eigenvalue weighted by atomic mass is 10.0. The van der Waals surface area contributed by atoms with E-state index in [0.29, 0.717) is 18.2 Å². The number of imidazole rings is 1. The number of nitrogens with zero attached hydrogens (tertiary/aromatic N) is 3. The lowest BCUT2D eigenvalue weighted by molar-refractivity contribution is 0.0203. The molecule has 2 heterocycles. The summed E-state index contributed by atoms with van der Waals surface area (Å²) in [6.07, 6.45) is 6.52. The quantitative estimate of drug-likeness (QED) is 0.201. The van der Waals surface area contributed by atoms with Crippen molar-refractivity contribution in [2.75, 3.05) is 39.5 Å². The first-order valence-electron chi connectivity index (χ1n) is 11.1. The number of hydrogen-bond acceptors (Lipinski definition) is 4. The summed E-state index contributed by atoms with van der Waals surface area (Å²) in [6.45, 7) is 9.06. The predicted molar refractivity (Wildman–Crippen MR) is 135 cm³/mol. The first-order valence-corrected chi connectivity index (χ1v) is 11.1. The molecule has 1 aliphatic heterocycles. The number of nitrogens with one attached hydrogen (secondary N) is 2. The second-order valence-electron chi connectivity index (χ2n) is 7.74. The number of halogens is 2. The standard InChI is InChI=1S/C23H34FN5O2.HI/c1-3-25-23(27-9-4-12-31-17-19-7-13-30-14-8-19)28-16-20-5-6-22(21(24)15-20)29-11-10-26-18(29)2;/h5-6,10-11,15,19H,3-4,7-9,12-14,16-17H2,1-2H3,(H2,25,27,28);1H. The number of aryl methyl sites for hydroxylation is 1. The lowest BCUT2D eigenvalue weighted by Gasteiger charge is -2.21. The molecule has 0 unspecified atom stereocenters. The van der Waals surface area contributed by atoms with Gasteiger partial charge in [-0.25, -0.2) is 14.4 Å². The van der Waals surface area contributed by atoms with E-state index in [1.54, 1.807) is 23.0 Å². The normalized spacial score (nSPS) is 14.8. The number of hydrogen-bond donors (Lipinski definition) is 2. The van der Waals surface area contributed by atoms with Gasteiger partial charge in [0.25, 0.3) is 0 Å². The minimum Gasteiger partial charge on any atom is -0.381 e. The Morgan fingerprint density at radius 2 is 2.12 bits per heavy atom. The molecular weight excluding hydrogens is 524 g/mol. The third kappa shape index (κ3) is 8.32. The number of rotatable bonds is 10. The topological polar surface area (TPSA) is 72.7 Å². The molecule has 0 aliphatic carbocycles. The monoisotopic (exact) mass is 559 g/mol. The molecule has 0 spiro atoms. The molecule has 7 nitrogen and oxygen atoms in total. The van der Waals surface area contributed by atoms with Gasteiger partial charge < -0.3 is 24.7 Å². The lowest BCUT2D eigenvalue weighted by Crippen LogP contribution is -2.38. The van der Waals surface area contributed by atoms with Gasteiger partial charge in [-0.05, 0) is 56.7 Å². The molecule has 9 heteroatoms. The molecule has 2 N–H and O–H groups in total. The van der Waals surface area contributed by atoms with Crippen molar-refractivity contribution in [1.29, 1.82) is 0 Å². The molecule has 1 aliphatic rings. The summed E-state index contributed by atoms with van der Waals surface area (Å²) in [5, 5.41) is 6.55. The van der Waals surface area contributed by atoms with Crippen LogP contribution < -0.4 is 10.6 Å². The van der Waals surface area contributed by atoms with Gasteiger partial charge in [-0.2, -0.15) is 0 Å². The maximum absolute atomic E-state index is 14.6. The van der Waals surface area contributed by atoms with Crippen LogP contribution in [0.15, 0.2) is 35.6 Å². The summed E-state index contributed by atoms with van der Waals surface area (Å²) in [5.74, 6) is 1.82. The predicted octanol–water partition coefficient (Wildman–Crippen LogP) is 3.83. The zero-order valence-corrected chi connectivity index (χ0v) is 21.3. The minimum atomic E-state index is -0.284. The van der Waals surface area contributed by atoms with Crippen LogP contribution in [0.5, 0.6) is 0 Å². The number of guanidine groups is 1. The van der Waals surface area contributed by atoms with E-state index in [4.69, 9.17) is 9.47 Å². The van der Waals surface area contributed by atoms with E-state index in [0.717, 1.165) is 76.1 Å². The molecule has 0 radical (unpaired) electrons. The molecule has 1 aromatic carbocycles. The van der Waals surface area contributed by atoms with Gasteiger partial charge in [-0.15, -0.1) is 24.0 Å². The van der Waals surface area contributed by atoms with Crippen LogP contribution in [0, 0.1) is 18.7 Å². The molecule has 0 bridgehead atoms. The molecule has 1 fully saturated rings. The van der Waals surface area contributed by atoms with Gasteiger partial charge in [0.1, 0.15) is 11.6 Å². The Morgan fingerprint density at radius 1 is 1.31 bits per heavy atom. The second kappa shape index (κ2) is 14.4. The fourth-order valence-corrected chi connectivity index (χ4v) is 3.53. The molecule has 178 valence electrons. The Morgan fingerprint density at radius 3 is 2.81 bits per heavy atom. The molecule has 32 heavy (non-hydrogen) atoms. The molecule has 0 amide bonds. The van der Waals surface area contributed by atoms with Crippen LogP contribution in [0.25, 0.3) is 5.69 Å². The van der Waals surface area contributed by atoms with E-state index in [1.165, 1.54) is 6.07 Å². The van der Waals surface area contributed by atoms with E-state index < -0.39 is 0 Å². The first-order chi connectivity index (χ1) is 15.2. The van der Waals surface area contributed by atoms with Crippen LogP contribution in [0.2, 0.25) is 0 Å². The Bertz CT molecular complexity index is 840. The Balaban J connectivity index is 0.00000363. The van der Waals surface area contributed by atoms with Gasteiger partial charge in [0.2, 0.25) is 0 Å². The molecule has 2 aromatic rings. The highest BCUT2D eigenvalue weighted by molar-refractivity contribution is 14.0. The third-order valence-corrected chi connectivity index (χ3v) is 5.31. The Labute approximate surface area is 207 Å². The van der Waals surface area contributed by atoms with Crippen molar-refractivity contribution >= 4 is 29.9 Å². The third-order valence-electron chi connectivity index (χ3n) is 5.31. The van der Waals surface area contributed by atoms with Crippen molar-refractivity contribution in [3.63, 3.8) is 0 Å². The van der Waals surface area contributed by atoms with Crippen molar-refractivity contribution in [2.45, 2.75) is 39.7 Å². The van der Waals surface area contributed by atoms with Crippen molar-refractivity contribution < 1.29 is 13.9 Å². The van der Waals surface area contributed by atoms with Crippen molar-refractivity contribution in [3.05, 3.63) is 47.8 Å². The average molecular weight is 559 g/mol. The highest BCUT2D eigenvalue weighted by Crippen LogP contribution is 2.17. The van der Waals surface area contributed by atoms with Gasteiger partial charge in [-0.1, -0.05) is 6.07 Å². The van der Waals surface area contributed by atoms with E-state index in [9.17, 15) is 4.39 Å². The summed E-state index contributed by atoms with van der Waals surface area (Å²) in [5.41, 5.74) is 1.31. The SMILES string of the molecule is CCNC(=NCc1ccc(-n2ccnc2C)c(F)c1)NCCCOCC1CCOCC1.I. The molecular formula is C23H35FIN5O2. The average Bonchev–Trinajstić information content (AvgIpc) is 3.20. The largest absolute Gasteiger partial charge is 0.381 e. The second-order valence-corrected chi connectivity index (χ2v) is 7.74. The summed E-state index contributed by atoms with van der Waals surface area (Å²) in [7, 11) is 0. The highest BCUT2D eigenvalue weighted by Gasteiger charge is 2.13. The Hall–Kier alpha value is -1.72. The number of aromatic nitrogens is 2. The maximum atomic E-state index is 14.6. The van der Waals surface area contributed by atoms with Crippen LogP contribution in [-0.4, -0.2) is 55.0 Å². The molecule has 1 saturated heterocycles. The van der Waals surface area contributed by atoms with Crippen LogP contribution in [0.3, 0.4) is 0 Å². The van der Waals surface area contributed by atoms with E-state index in [2.05, 4.69) is 20.6 Å². The summed E-state index contributed by atoms with van der Waals surface area (Å²) in [4.78, 5) is 8.73. The number of benzene rings is 1. The summed E-state index contributed by atoms with van der Waals surface area (Å²) in [6, 6.07) is 5.20. The number of aliphatic imine (C=N–C) groups is 1. The van der Waals surface area contributed by atoms with E-state index >= 15 is 0 Å². The highest BCUT2D eigenvalue weighted by atomic mass is 127.